The molecule has 0 unspecified atom stereocenters. The summed E-state index contributed by atoms with van der Waals surface area (Å²) >= 11 is 5.90. The number of quaternary nitrogens is 1. The number of halogens is 1. The van der Waals surface area contributed by atoms with Crippen molar-refractivity contribution in [3.63, 3.8) is 0 Å². The van der Waals surface area contributed by atoms with Gasteiger partial charge in [0.05, 0.1) is 5.97 Å². The molecule has 1 aromatic rings. The molecular formula is C10H12ClNO2. The van der Waals surface area contributed by atoms with E-state index in [2.05, 4.69) is 0 Å². The number of hydrogen-bond donors (Lipinski definition) is 1. The van der Waals surface area contributed by atoms with Crippen LogP contribution in [-0.4, -0.2) is 12.0 Å². The maximum absolute atomic E-state index is 10.4. The summed E-state index contributed by atoms with van der Waals surface area (Å²) in [5, 5.41) is 12.8. The molecule has 0 aliphatic carbocycles. The molecule has 14 heavy (non-hydrogen) atoms. The fourth-order valence-corrected chi connectivity index (χ4v) is 1.28. The molecule has 0 spiro atoms. The van der Waals surface area contributed by atoms with Crippen molar-refractivity contribution in [2.75, 3.05) is 0 Å². The summed E-state index contributed by atoms with van der Waals surface area (Å²) in [4.78, 5) is 10.4. The zero-order chi connectivity index (χ0) is 10.6. The first-order valence-corrected chi connectivity index (χ1v) is 4.76. The van der Waals surface area contributed by atoms with Gasteiger partial charge in [0.15, 0.2) is 0 Å². The molecule has 1 rings (SSSR count). The lowest BCUT2D eigenvalue weighted by Crippen LogP contribution is -2.90. The Morgan fingerprint density at radius 1 is 1.57 bits per heavy atom. The van der Waals surface area contributed by atoms with Crippen molar-refractivity contribution in [3.8, 4) is 0 Å². The van der Waals surface area contributed by atoms with Gasteiger partial charge in [0.25, 0.3) is 0 Å². The zero-order valence-electron chi connectivity index (χ0n) is 7.87. The minimum absolute atomic E-state index is 0.550. The molecular weight excluding hydrogens is 202 g/mol. The first-order valence-electron chi connectivity index (χ1n) is 4.39. The summed E-state index contributed by atoms with van der Waals surface area (Å²) in [7, 11) is 0. The Labute approximate surface area is 87.7 Å². The van der Waals surface area contributed by atoms with Crippen LogP contribution in [0.2, 0.25) is 5.02 Å². The highest BCUT2D eigenvalue weighted by Gasteiger charge is 2.07. The molecule has 0 fully saturated rings. The van der Waals surface area contributed by atoms with Crippen molar-refractivity contribution in [2.24, 2.45) is 0 Å². The summed E-state index contributed by atoms with van der Waals surface area (Å²) in [6.07, 6.45) is 0. The Morgan fingerprint density at radius 3 is 2.79 bits per heavy atom. The second-order valence-corrected chi connectivity index (χ2v) is 3.55. The molecule has 4 heteroatoms. The molecule has 0 bridgehead atoms. The van der Waals surface area contributed by atoms with E-state index in [9.17, 15) is 9.90 Å². The normalized spacial score (nSPS) is 12.4. The van der Waals surface area contributed by atoms with Crippen LogP contribution in [0.25, 0.3) is 0 Å². The second-order valence-electron chi connectivity index (χ2n) is 3.14. The summed E-state index contributed by atoms with van der Waals surface area (Å²) in [5.74, 6) is -1.06. The largest absolute Gasteiger partial charge is 0.544 e. The molecule has 0 aliphatic rings. The van der Waals surface area contributed by atoms with Gasteiger partial charge in [-0.1, -0.05) is 29.8 Å². The molecule has 0 aromatic heterocycles. The smallest absolute Gasteiger partial charge is 0.123 e. The van der Waals surface area contributed by atoms with E-state index in [1.165, 1.54) is 0 Å². The average molecular weight is 214 g/mol. The van der Waals surface area contributed by atoms with Crippen molar-refractivity contribution in [2.45, 2.75) is 19.5 Å². The van der Waals surface area contributed by atoms with Gasteiger partial charge in [0.2, 0.25) is 0 Å². The summed E-state index contributed by atoms with van der Waals surface area (Å²) in [6.45, 7) is 2.14. The fraction of sp³-hybridized carbons (Fsp3) is 0.300. The molecule has 0 amide bonds. The van der Waals surface area contributed by atoms with Crippen LogP contribution in [0.5, 0.6) is 0 Å². The Kier molecular flexibility index (Phi) is 3.92. The Bertz CT molecular complexity index is 328. The predicted molar refractivity (Wildman–Crippen MR) is 51.6 cm³/mol. The third-order valence-electron chi connectivity index (χ3n) is 2.02. The average Bonchev–Trinajstić information content (AvgIpc) is 2.16. The Morgan fingerprint density at radius 2 is 2.21 bits per heavy atom. The van der Waals surface area contributed by atoms with E-state index in [-0.39, 0.29) is 0 Å². The molecule has 0 radical (unpaired) electrons. The Balaban J connectivity index is 2.54. The van der Waals surface area contributed by atoms with Gasteiger partial charge in [0.1, 0.15) is 12.6 Å². The Hall–Kier alpha value is -1.06. The standard InChI is InChI=1S/C10H12ClNO2/c1-7(10(13)14)12-6-8-4-2-3-5-9(8)11/h2-5,7,12H,6H2,1H3,(H,13,14)/t7-/m1/s1. The highest BCUT2D eigenvalue weighted by molar-refractivity contribution is 6.31. The number of nitrogens with two attached hydrogens (primary N) is 1. The predicted octanol–water partition coefficient (Wildman–Crippen LogP) is -0.458. The van der Waals surface area contributed by atoms with Gasteiger partial charge in [0, 0.05) is 10.6 Å². The van der Waals surface area contributed by atoms with Crippen LogP contribution in [-0.2, 0) is 11.3 Å². The number of benzene rings is 1. The van der Waals surface area contributed by atoms with Gasteiger partial charge in [-0.15, -0.1) is 0 Å². The van der Waals surface area contributed by atoms with E-state index in [0.29, 0.717) is 11.6 Å². The van der Waals surface area contributed by atoms with E-state index in [4.69, 9.17) is 11.6 Å². The number of carboxylic acid groups (broad SMARTS) is 1. The number of carboxylic acids is 1. The molecule has 2 N–H and O–H groups in total. The van der Waals surface area contributed by atoms with Gasteiger partial charge in [-0.05, 0) is 13.0 Å². The van der Waals surface area contributed by atoms with Crippen LogP contribution in [0.4, 0.5) is 0 Å². The van der Waals surface area contributed by atoms with E-state index < -0.39 is 12.0 Å². The van der Waals surface area contributed by atoms with Crippen molar-refractivity contribution < 1.29 is 15.2 Å². The lowest BCUT2D eigenvalue weighted by molar-refractivity contribution is -0.695. The van der Waals surface area contributed by atoms with Gasteiger partial charge in [-0.3, -0.25) is 0 Å². The number of carbonyl (C=O) groups excluding carboxylic acids is 1. The highest BCUT2D eigenvalue weighted by atomic mass is 35.5. The van der Waals surface area contributed by atoms with E-state index >= 15 is 0 Å². The number of carbonyl (C=O) groups is 1. The molecule has 1 atom stereocenters. The fourth-order valence-electron chi connectivity index (χ4n) is 1.06. The van der Waals surface area contributed by atoms with Crippen LogP contribution in [0, 0.1) is 0 Å². The first kappa shape index (κ1) is 11.0. The molecule has 0 heterocycles. The lowest BCUT2D eigenvalue weighted by atomic mass is 10.2. The summed E-state index contributed by atoms with van der Waals surface area (Å²) in [5.41, 5.74) is 0.933. The third kappa shape index (κ3) is 3.01. The zero-order valence-corrected chi connectivity index (χ0v) is 8.62. The van der Waals surface area contributed by atoms with Crippen LogP contribution in [0.15, 0.2) is 24.3 Å². The van der Waals surface area contributed by atoms with Gasteiger partial charge in [-0.2, -0.15) is 0 Å². The monoisotopic (exact) mass is 213 g/mol. The van der Waals surface area contributed by atoms with E-state index in [1.807, 2.05) is 18.2 Å². The van der Waals surface area contributed by atoms with Gasteiger partial charge in [-0.25, -0.2) is 0 Å². The lowest BCUT2D eigenvalue weighted by Gasteiger charge is -2.11. The van der Waals surface area contributed by atoms with Crippen molar-refractivity contribution in [1.82, 2.24) is 0 Å². The van der Waals surface area contributed by atoms with Gasteiger partial charge < -0.3 is 15.2 Å². The first-order chi connectivity index (χ1) is 6.61. The SMILES string of the molecule is C[C@@H]([NH2+]Cc1ccccc1Cl)C(=O)[O-]. The molecule has 0 saturated heterocycles. The molecule has 0 saturated carbocycles. The molecule has 1 aromatic carbocycles. The summed E-state index contributed by atoms with van der Waals surface area (Å²) < 4.78 is 0. The minimum atomic E-state index is -1.06. The van der Waals surface area contributed by atoms with Crippen LogP contribution >= 0.6 is 11.6 Å². The maximum atomic E-state index is 10.4. The molecule has 3 nitrogen and oxygen atoms in total. The van der Waals surface area contributed by atoms with Crippen LogP contribution in [0.3, 0.4) is 0 Å². The van der Waals surface area contributed by atoms with Crippen LogP contribution < -0.4 is 10.4 Å². The minimum Gasteiger partial charge on any atom is -0.544 e. The topological polar surface area (TPSA) is 56.7 Å². The number of hydrogen-bond acceptors (Lipinski definition) is 2. The highest BCUT2D eigenvalue weighted by Crippen LogP contribution is 2.12. The van der Waals surface area contributed by atoms with E-state index in [1.54, 1.807) is 18.3 Å². The summed E-state index contributed by atoms with van der Waals surface area (Å²) in [6, 6.07) is 6.83. The van der Waals surface area contributed by atoms with Crippen molar-refractivity contribution >= 4 is 17.6 Å². The molecule has 76 valence electrons. The number of aliphatic carboxylic acids is 1. The molecule has 0 aliphatic heterocycles. The maximum Gasteiger partial charge on any atom is 0.123 e. The third-order valence-corrected chi connectivity index (χ3v) is 2.39. The van der Waals surface area contributed by atoms with Gasteiger partial charge >= 0.3 is 0 Å². The second kappa shape index (κ2) is 4.98. The van der Waals surface area contributed by atoms with Crippen LogP contribution in [0.1, 0.15) is 12.5 Å². The number of rotatable bonds is 4. The van der Waals surface area contributed by atoms with E-state index in [0.717, 1.165) is 5.56 Å². The van der Waals surface area contributed by atoms with Crippen molar-refractivity contribution in [3.05, 3.63) is 34.9 Å². The van der Waals surface area contributed by atoms with Crippen molar-refractivity contribution in [1.29, 1.82) is 0 Å². The quantitative estimate of drug-likeness (QED) is 0.736.